The van der Waals surface area contributed by atoms with Crippen molar-refractivity contribution in [2.75, 3.05) is 11.6 Å². The number of thioether (sulfide) groups is 1. The number of nitrogens with two attached hydrogens (primary N) is 1. The first kappa shape index (κ1) is 18.0. The number of nitrogen functional groups attached to an aromatic ring is 1. The lowest BCUT2D eigenvalue weighted by molar-refractivity contribution is 1.28. The molecule has 0 aliphatic carbocycles. The lowest BCUT2D eigenvalue weighted by Gasteiger charge is -2.10. The summed E-state index contributed by atoms with van der Waals surface area (Å²) in [5.74, 6) is 0.103. The standard InChI is InChI=1S/C18H20N4S3/c1-9-5-11(3)13(6-10(9)2)21-18-22-14(8-24-18)12-7-15(16(19)20)25-17(12)23-4/h5-8H,1-4H3,(H3,19,20)(H,21,22). The zero-order valence-corrected chi connectivity index (χ0v) is 17.0. The lowest BCUT2D eigenvalue weighted by atomic mass is 10.1. The maximum absolute atomic E-state index is 7.65. The van der Waals surface area contributed by atoms with Crippen LogP contribution in [-0.2, 0) is 0 Å². The van der Waals surface area contributed by atoms with Gasteiger partial charge in [-0.15, -0.1) is 34.4 Å². The second kappa shape index (κ2) is 7.19. The average Bonchev–Trinajstić information content (AvgIpc) is 3.18. The molecule has 2 aromatic heterocycles. The summed E-state index contributed by atoms with van der Waals surface area (Å²) >= 11 is 4.78. The molecule has 0 aliphatic rings. The van der Waals surface area contributed by atoms with Gasteiger partial charge in [-0.25, -0.2) is 4.98 Å². The van der Waals surface area contributed by atoms with Crippen LogP contribution in [-0.4, -0.2) is 17.1 Å². The first-order valence-corrected chi connectivity index (χ1v) is 10.6. The van der Waals surface area contributed by atoms with Gasteiger partial charge in [0.15, 0.2) is 5.13 Å². The smallest absolute Gasteiger partial charge is 0.187 e. The number of hydrogen-bond acceptors (Lipinski definition) is 6. The Labute approximate surface area is 160 Å². The lowest BCUT2D eigenvalue weighted by Crippen LogP contribution is -2.08. The van der Waals surface area contributed by atoms with E-state index in [0.29, 0.717) is 0 Å². The van der Waals surface area contributed by atoms with Crippen molar-refractivity contribution in [1.29, 1.82) is 5.41 Å². The second-order valence-corrected chi connectivity index (χ2v) is 8.83. The van der Waals surface area contributed by atoms with E-state index in [-0.39, 0.29) is 5.84 Å². The number of thiazole rings is 1. The molecule has 0 unspecified atom stereocenters. The Hall–Kier alpha value is -1.83. The third-order valence-corrected chi connectivity index (χ3v) is 7.07. The van der Waals surface area contributed by atoms with E-state index < -0.39 is 0 Å². The molecule has 25 heavy (non-hydrogen) atoms. The molecular formula is C18H20N4S3. The molecule has 2 heterocycles. The van der Waals surface area contributed by atoms with Crippen LogP contribution in [0.3, 0.4) is 0 Å². The quantitative estimate of drug-likeness (QED) is 0.304. The minimum atomic E-state index is 0.103. The fraction of sp³-hybridized carbons (Fsp3) is 0.222. The summed E-state index contributed by atoms with van der Waals surface area (Å²) in [6.07, 6.45) is 2.03. The van der Waals surface area contributed by atoms with E-state index in [0.717, 1.165) is 31.2 Å². The van der Waals surface area contributed by atoms with Gasteiger partial charge in [-0.1, -0.05) is 6.07 Å². The van der Waals surface area contributed by atoms with Crippen LogP contribution < -0.4 is 11.1 Å². The molecule has 0 fully saturated rings. The van der Waals surface area contributed by atoms with Crippen molar-refractivity contribution in [3.63, 3.8) is 0 Å². The molecule has 0 radical (unpaired) electrons. The van der Waals surface area contributed by atoms with Gasteiger partial charge in [0, 0.05) is 16.6 Å². The molecule has 1 aromatic carbocycles. The average molecular weight is 389 g/mol. The van der Waals surface area contributed by atoms with E-state index in [1.165, 1.54) is 28.0 Å². The van der Waals surface area contributed by atoms with Crippen LogP contribution in [0.5, 0.6) is 0 Å². The molecular weight excluding hydrogens is 368 g/mol. The van der Waals surface area contributed by atoms with Crippen molar-refractivity contribution in [3.8, 4) is 11.3 Å². The number of hydrogen-bond donors (Lipinski definition) is 3. The normalized spacial score (nSPS) is 10.9. The summed E-state index contributed by atoms with van der Waals surface area (Å²) in [5.41, 5.74) is 12.4. The number of thiophene rings is 1. The van der Waals surface area contributed by atoms with Crippen molar-refractivity contribution in [2.24, 2.45) is 5.73 Å². The van der Waals surface area contributed by atoms with Gasteiger partial charge in [0.25, 0.3) is 0 Å². The Morgan fingerprint density at radius 2 is 1.88 bits per heavy atom. The van der Waals surface area contributed by atoms with Crippen LogP contribution >= 0.6 is 34.4 Å². The Kier molecular flexibility index (Phi) is 5.17. The molecule has 0 bridgehead atoms. The minimum Gasteiger partial charge on any atom is -0.383 e. The second-order valence-electron chi connectivity index (χ2n) is 5.84. The number of nitrogens with zero attached hydrogens (tertiary/aromatic N) is 1. The summed E-state index contributed by atoms with van der Waals surface area (Å²) in [6.45, 7) is 6.35. The van der Waals surface area contributed by atoms with Crippen LogP contribution in [0.4, 0.5) is 10.8 Å². The van der Waals surface area contributed by atoms with Crippen LogP contribution in [0.15, 0.2) is 27.8 Å². The number of benzene rings is 1. The number of nitrogens with one attached hydrogen (secondary N) is 2. The Bertz CT molecular complexity index is 940. The third kappa shape index (κ3) is 3.73. The number of rotatable bonds is 5. The van der Waals surface area contributed by atoms with Gasteiger partial charge in [-0.3, -0.25) is 5.41 Å². The van der Waals surface area contributed by atoms with E-state index in [9.17, 15) is 0 Å². The molecule has 3 rings (SSSR count). The molecule has 0 saturated carbocycles. The highest BCUT2D eigenvalue weighted by Gasteiger charge is 2.15. The van der Waals surface area contributed by atoms with Gasteiger partial charge in [0.05, 0.1) is 14.8 Å². The van der Waals surface area contributed by atoms with E-state index in [1.54, 1.807) is 23.1 Å². The largest absolute Gasteiger partial charge is 0.383 e. The van der Waals surface area contributed by atoms with Crippen molar-refractivity contribution in [2.45, 2.75) is 25.0 Å². The summed E-state index contributed by atoms with van der Waals surface area (Å²) in [7, 11) is 0. The monoisotopic (exact) mass is 388 g/mol. The highest BCUT2D eigenvalue weighted by atomic mass is 32.2. The van der Waals surface area contributed by atoms with Crippen LogP contribution in [0.25, 0.3) is 11.3 Å². The molecule has 4 nitrogen and oxygen atoms in total. The Morgan fingerprint density at radius 1 is 1.16 bits per heavy atom. The van der Waals surface area contributed by atoms with Gasteiger partial charge in [0.1, 0.15) is 5.84 Å². The highest BCUT2D eigenvalue weighted by molar-refractivity contribution is 8.00. The number of aromatic nitrogens is 1. The van der Waals surface area contributed by atoms with Crippen LogP contribution in [0.1, 0.15) is 21.6 Å². The number of amidine groups is 1. The molecule has 0 aliphatic heterocycles. The van der Waals surface area contributed by atoms with Gasteiger partial charge < -0.3 is 11.1 Å². The summed E-state index contributed by atoms with van der Waals surface area (Å²) in [6, 6.07) is 6.31. The number of aryl methyl sites for hydroxylation is 3. The maximum Gasteiger partial charge on any atom is 0.187 e. The third-order valence-electron chi connectivity index (χ3n) is 4.01. The Balaban J connectivity index is 1.91. The van der Waals surface area contributed by atoms with Crippen LogP contribution in [0, 0.1) is 26.2 Å². The first-order valence-electron chi connectivity index (χ1n) is 7.72. The first-order chi connectivity index (χ1) is 11.9. The maximum atomic E-state index is 7.65. The molecule has 0 atom stereocenters. The zero-order valence-electron chi connectivity index (χ0n) is 14.6. The van der Waals surface area contributed by atoms with Crippen molar-refractivity contribution >= 4 is 51.1 Å². The molecule has 130 valence electrons. The summed E-state index contributed by atoms with van der Waals surface area (Å²) < 4.78 is 1.13. The van der Waals surface area contributed by atoms with E-state index in [4.69, 9.17) is 16.1 Å². The zero-order chi connectivity index (χ0) is 18.1. The van der Waals surface area contributed by atoms with Crippen molar-refractivity contribution in [3.05, 3.63) is 45.1 Å². The van der Waals surface area contributed by atoms with E-state index in [1.807, 2.05) is 17.7 Å². The topological polar surface area (TPSA) is 74.8 Å². The van der Waals surface area contributed by atoms with Gasteiger partial charge in [-0.05, 0) is 55.9 Å². The van der Waals surface area contributed by atoms with Crippen LogP contribution in [0.2, 0.25) is 0 Å². The van der Waals surface area contributed by atoms with Gasteiger partial charge in [0.2, 0.25) is 0 Å². The summed E-state index contributed by atoms with van der Waals surface area (Å²) in [5, 5.41) is 14.0. The molecule has 3 aromatic rings. The minimum absolute atomic E-state index is 0.103. The summed E-state index contributed by atoms with van der Waals surface area (Å²) in [4.78, 5) is 5.52. The SMILES string of the molecule is CSc1sc(C(=N)N)cc1-c1csc(Nc2cc(C)c(C)cc2C)n1. The van der Waals surface area contributed by atoms with Gasteiger partial charge in [-0.2, -0.15) is 0 Å². The van der Waals surface area contributed by atoms with E-state index >= 15 is 0 Å². The fourth-order valence-corrected chi connectivity index (χ4v) is 4.97. The van der Waals surface area contributed by atoms with Gasteiger partial charge >= 0.3 is 0 Å². The van der Waals surface area contributed by atoms with E-state index in [2.05, 4.69) is 38.2 Å². The highest BCUT2D eigenvalue weighted by Crippen LogP contribution is 2.39. The Morgan fingerprint density at radius 3 is 2.56 bits per heavy atom. The number of anilines is 2. The molecule has 0 spiro atoms. The predicted molar refractivity (Wildman–Crippen MR) is 112 cm³/mol. The molecule has 7 heteroatoms. The molecule has 0 amide bonds. The molecule has 0 saturated heterocycles. The predicted octanol–water partition coefficient (Wildman–Crippen LogP) is 5.55. The van der Waals surface area contributed by atoms with Crippen molar-refractivity contribution < 1.29 is 0 Å². The van der Waals surface area contributed by atoms with Crippen molar-refractivity contribution in [1.82, 2.24) is 4.98 Å². The molecule has 4 N–H and O–H groups in total. The fourth-order valence-electron chi connectivity index (χ4n) is 2.50.